The molecule has 1 amide bonds. The number of carbonyl (C=O) groups excluding carboxylic acids is 1. The Labute approximate surface area is 226 Å². The van der Waals surface area contributed by atoms with Gasteiger partial charge in [-0.1, -0.05) is 54.6 Å². The second-order valence-electron chi connectivity index (χ2n) is 9.35. The van der Waals surface area contributed by atoms with Crippen molar-refractivity contribution in [3.63, 3.8) is 0 Å². The van der Waals surface area contributed by atoms with Gasteiger partial charge in [-0.25, -0.2) is 14.8 Å². The highest BCUT2D eigenvalue weighted by Gasteiger charge is 2.49. The maximum atomic E-state index is 12.4. The van der Waals surface area contributed by atoms with Crippen molar-refractivity contribution < 1.29 is 23.7 Å². The molecule has 0 radical (unpaired) electrons. The molecule has 4 unspecified atom stereocenters. The number of benzene rings is 3. The average Bonchev–Trinajstić information content (AvgIpc) is 3.57. The maximum absolute atomic E-state index is 12.4. The standard InChI is InChI=1S/C30H28N4O5/c1-36-23-13-11-22(12-14-23)32-30(35)39-26-18-38-27-25(17-37-28(26)27)34-29-31-16-15-24(33-29)21-9-7-20(8-10-21)19-5-3-2-4-6-19/h2-16,25-28H,17-18H2,1H3,(H,32,35)(H,31,33,34). The number of hydrogen-bond acceptors (Lipinski definition) is 8. The van der Waals surface area contributed by atoms with Crippen molar-refractivity contribution in [2.45, 2.75) is 24.4 Å². The minimum atomic E-state index is -0.566. The third-order valence-corrected chi connectivity index (χ3v) is 6.86. The molecule has 9 nitrogen and oxygen atoms in total. The lowest BCUT2D eigenvalue weighted by Gasteiger charge is -2.18. The number of methoxy groups -OCH3 is 1. The molecule has 6 rings (SSSR count). The molecule has 2 aliphatic heterocycles. The third kappa shape index (κ3) is 5.55. The van der Waals surface area contributed by atoms with Gasteiger partial charge in [-0.05, 0) is 41.5 Å². The molecule has 3 heterocycles. The normalized spacial score (nSPS) is 21.7. The van der Waals surface area contributed by atoms with Crippen molar-refractivity contribution in [2.75, 3.05) is 31.0 Å². The van der Waals surface area contributed by atoms with E-state index < -0.39 is 12.2 Å². The second-order valence-corrected chi connectivity index (χ2v) is 9.35. The molecule has 4 atom stereocenters. The fraction of sp³-hybridized carbons (Fsp3) is 0.233. The number of rotatable bonds is 7. The lowest BCUT2D eigenvalue weighted by atomic mass is 10.0. The molecule has 1 aromatic heterocycles. The van der Waals surface area contributed by atoms with Crippen molar-refractivity contribution in [3.05, 3.63) is 91.1 Å². The van der Waals surface area contributed by atoms with Crippen LogP contribution in [-0.2, 0) is 14.2 Å². The Bertz CT molecular complexity index is 1420. The zero-order chi connectivity index (χ0) is 26.6. The molecular weight excluding hydrogens is 496 g/mol. The molecule has 2 N–H and O–H groups in total. The topological polar surface area (TPSA) is 104 Å². The van der Waals surface area contributed by atoms with E-state index in [9.17, 15) is 4.79 Å². The van der Waals surface area contributed by atoms with Crippen molar-refractivity contribution in [3.8, 4) is 28.1 Å². The van der Waals surface area contributed by atoms with Crippen LogP contribution in [0.15, 0.2) is 91.1 Å². The largest absolute Gasteiger partial charge is 0.497 e. The minimum absolute atomic E-state index is 0.177. The Hall–Kier alpha value is -4.47. The van der Waals surface area contributed by atoms with Crippen LogP contribution in [0.3, 0.4) is 0 Å². The van der Waals surface area contributed by atoms with E-state index in [2.05, 4.69) is 52.0 Å². The number of aromatic nitrogens is 2. The van der Waals surface area contributed by atoms with Crippen LogP contribution in [0.5, 0.6) is 5.75 Å². The summed E-state index contributed by atoms with van der Waals surface area (Å²) in [6.45, 7) is 0.632. The van der Waals surface area contributed by atoms with Crippen LogP contribution in [0.2, 0.25) is 0 Å². The second kappa shape index (κ2) is 11.1. The highest BCUT2D eigenvalue weighted by molar-refractivity contribution is 5.84. The van der Waals surface area contributed by atoms with Gasteiger partial charge < -0.3 is 24.3 Å². The molecule has 2 aliphatic rings. The molecule has 0 bridgehead atoms. The van der Waals surface area contributed by atoms with Crippen LogP contribution in [0, 0.1) is 0 Å². The lowest BCUT2D eigenvalue weighted by molar-refractivity contribution is 0.00917. The molecule has 0 aliphatic carbocycles. The molecule has 3 aromatic carbocycles. The smallest absolute Gasteiger partial charge is 0.412 e. The van der Waals surface area contributed by atoms with Gasteiger partial charge in [0.15, 0.2) is 6.10 Å². The maximum Gasteiger partial charge on any atom is 0.412 e. The van der Waals surface area contributed by atoms with E-state index >= 15 is 0 Å². The van der Waals surface area contributed by atoms with E-state index in [1.165, 1.54) is 5.56 Å². The van der Waals surface area contributed by atoms with Crippen molar-refractivity contribution >= 4 is 17.7 Å². The molecule has 0 spiro atoms. The van der Waals surface area contributed by atoms with Crippen LogP contribution in [0.4, 0.5) is 16.4 Å². The Morgan fingerprint density at radius 1 is 0.846 bits per heavy atom. The summed E-state index contributed by atoms with van der Waals surface area (Å²) in [5, 5.41) is 6.07. The predicted molar refractivity (Wildman–Crippen MR) is 147 cm³/mol. The highest BCUT2D eigenvalue weighted by atomic mass is 16.6. The SMILES string of the molecule is COc1ccc(NC(=O)OC2COC3C(Nc4nccc(-c5ccc(-c6ccccc6)cc5)n4)COC23)cc1. The van der Waals surface area contributed by atoms with Crippen LogP contribution < -0.4 is 15.4 Å². The molecule has 9 heteroatoms. The van der Waals surface area contributed by atoms with Crippen LogP contribution in [0.25, 0.3) is 22.4 Å². The monoisotopic (exact) mass is 524 g/mol. The van der Waals surface area contributed by atoms with Crippen LogP contribution in [-0.4, -0.2) is 60.7 Å². The Balaban J connectivity index is 1.06. The number of ether oxygens (including phenoxy) is 4. The third-order valence-electron chi connectivity index (χ3n) is 6.86. The Morgan fingerprint density at radius 2 is 1.56 bits per heavy atom. The average molecular weight is 525 g/mol. The number of carbonyl (C=O) groups is 1. The van der Waals surface area contributed by atoms with Gasteiger partial charge in [-0.15, -0.1) is 0 Å². The summed E-state index contributed by atoms with van der Waals surface area (Å²) in [5.74, 6) is 1.19. The number of fused-ring (bicyclic) bond motifs is 1. The van der Waals surface area contributed by atoms with Gasteiger partial charge in [-0.2, -0.15) is 0 Å². The first-order valence-electron chi connectivity index (χ1n) is 12.8. The summed E-state index contributed by atoms with van der Waals surface area (Å²) in [6.07, 6.45) is -0.0215. The summed E-state index contributed by atoms with van der Waals surface area (Å²) in [7, 11) is 1.59. The minimum Gasteiger partial charge on any atom is -0.497 e. The molecule has 2 saturated heterocycles. The molecule has 4 aromatic rings. The van der Waals surface area contributed by atoms with Gasteiger partial charge in [0.2, 0.25) is 5.95 Å². The number of hydrogen-bond donors (Lipinski definition) is 2. The number of nitrogens with zero attached hydrogens (tertiary/aromatic N) is 2. The van der Waals surface area contributed by atoms with Crippen molar-refractivity contribution in [1.29, 1.82) is 0 Å². The summed E-state index contributed by atoms with van der Waals surface area (Å²) < 4.78 is 22.7. The zero-order valence-electron chi connectivity index (χ0n) is 21.3. The first-order valence-corrected chi connectivity index (χ1v) is 12.8. The number of nitrogens with one attached hydrogen (secondary N) is 2. The van der Waals surface area contributed by atoms with Gasteiger partial charge >= 0.3 is 6.09 Å². The summed E-state index contributed by atoms with van der Waals surface area (Å²) in [5.41, 5.74) is 4.73. The van der Waals surface area contributed by atoms with Crippen LogP contribution >= 0.6 is 0 Å². The Kier molecular flexibility index (Phi) is 7.07. The van der Waals surface area contributed by atoms with E-state index in [1.54, 1.807) is 37.6 Å². The van der Waals surface area contributed by atoms with Crippen LogP contribution in [0.1, 0.15) is 0 Å². The molecule has 0 saturated carbocycles. The molecule has 39 heavy (non-hydrogen) atoms. The van der Waals surface area contributed by atoms with Crippen molar-refractivity contribution in [1.82, 2.24) is 9.97 Å². The van der Waals surface area contributed by atoms with Gasteiger partial charge in [0.05, 0.1) is 32.1 Å². The molecule has 198 valence electrons. The fourth-order valence-electron chi connectivity index (χ4n) is 4.87. The van der Waals surface area contributed by atoms with Gasteiger partial charge in [0.25, 0.3) is 0 Å². The number of amides is 1. The fourth-order valence-corrected chi connectivity index (χ4v) is 4.87. The van der Waals surface area contributed by atoms with E-state index in [0.29, 0.717) is 24.0 Å². The zero-order valence-corrected chi connectivity index (χ0v) is 21.3. The first-order chi connectivity index (χ1) is 19.2. The van der Waals surface area contributed by atoms with Gasteiger partial charge in [-0.3, -0.25) is 5.32 Å². The Morgan fingerprint density at radius 3 is 2.33 bits per heavy atom. The highest BCUT2D eigenvalue weighted by Crippen LogP contribution is 2.31. The van der Waals surface area contributed by atoms with E-state index in [0.717, 1.165) is 16.8 Å². The number of anilines is 2. The molecule has 2 fully saturated rings. The van der Waals surface area contributed by atoms with Gasteiger partial charge in [0.1, 0.15) is 18.0 Å². The van der Waals surface area contributed by atoms with E-state index in [-0.39, 0.29) is 24.9 Å². The van der Waals surface area contributed by atoms with Crippen molar-refractivity contribution in [2.24, 2.45) is 0 Å². The quantitative estimate of drug-likeness (QED) is 0.348. The summed E-state index contributed by atoms with van der Waals surface area (Å²) in [6, 6.07) is 27.3. The van der Waals surface area contributed by atoms with E-state index in [4.69, 9.17) is 23.9 Å². The first kappa shape index (κ1) is 24.8. The molecular formula is C30H28N4O5. The summed E-state index contributed by atoms with van der Waals surface area (Å²) in [4.78, 5) is 21.6. The van der Waals surface area contributed by atoms with Gasteiger partial charge in [0, 0.05) is 17.4 Å². The lowest BCUT2D eigenvalue weighted by Crippen LogP contribution is -2.38. The van der Waals surface area contributed by atoms with E-state index in [1.807, 2.05) is 24.3 Å². The summed E-state index contributed by atoms with van der Waals surface area (Å²) >= 11 is 0. The predicted octanol–water partition coefficient (Wildman–Crippen LogP) is 5.01.